The first-order valence-electron chi connectivity index (χ1n) is 9.73. The Bertz CT molecular complexity index is 810. The van der Waals surface area contributed by atoms with Gasteiger partial charge in [0, 0.05) is 25.0 Å². The smallest absolute Gasteiger partial charge is 0.255 e. The lowest BCUT2D eigenvalue weighted by Crippen LogP contribution is -2.47. The van der Waals surface area contributed by atoms with Crippen LogP contribution in [0.25, 0.3) is 0 Å². The summed E-state index contributed by atoms with van der Waals surface area (Å²) < 4.78 is 33.3. The molecule has 0 saturated carbocycles. The molecule has 0 aromatic heterocycles. The molecule has 1 aromatic carbocycles. The highest BCUT2D eigenvalue weighted by atomic mass is 35.5. The monoisotopic (exact) mass is 431 g/mol. The van der Waals surface area contributed by atoms with Crippen molar-refractivity contribution in [3.63, 3.8) is 0 Å². The van der Waals surface area contributed by atoms with Gasteiger partial charge in [0.15, 0.2) is 0 Å². The molecule has 2 aliphatic rings. The lowest BCUT2D eigenvalue weighted by atomic mass is 10.0. The number of benzene rings is 1. The average molecular weight is 432 g/mol. The van der Waals surface area contributed by atoms with Crippen molar-refractivity contribution in [3.8, 4) is 5.75 Å². The molecule has 2 heterocycles. The minimum atomic E-state index is -3.65. The maximum atomic E-state index is 13.0. The van der Waals surface area contributed by atoms with Crippen molar-refractivity contribution < 1.29 is 17.9 Å². The third-order valence-corrected chi connectivity index (χ3v) is 6.72. The fourth-order valence-electron chi connectivity index (χ4n) is 3.89. The molecule has 0 radical (unpaired) electrons. The van der Waals surface area contributed by atoms with Crippen LogP contribution < -0.4 is 20.1 Å². The Kier molecular flexibility index (Phi) is 7.73. The summed E-state index contributed by atoms with van der Waals surface area (Å²) in [5, 5.41) is 6.51. The van der Waals surface area contributed by atoms with Crippen LogP contribution in [0.2, 0.25) is 0 Å². The first-order valence-corrected chi connectivity index (χ1v) is 11.2. The van der Waals surface area contributed by atoms with Crippen LogP contribution in [0.15, 0.2) is 17.0 Å². The topological polar surface area (TPSA) is 96.5 Å². The number of halogens is 1. The molecule has 3 N–H and O–H groups in total. The first-order chi connectivity index (χ1) is 12.9. The second-order valence-electron chi connectivity index (χ2n) is 7.28. The lowest BCUT2D eigenvalue weighted by Gasteiger charge is -2.24. The van der Waals surface area contributed by atoms with Crippen LogP contribution in [-0.2, 0) is 16.4 Å². The summed E-state index contributed by atoms with van der Waals surface area (Å²) in [6, 6.07) is 3.30. The number of amides is 1. The van der Waals surface area contributed by atoms with Gasteiger partial charge in [-0.25, -0.2) is 13.1 Å². The Hall–Kier alpha value is -1.35. The van der Waals surface area contributed by atoms with Gasteiger partial charge in [-0.1, -0.05) is 13.8 Å². The zero-order valence-electron chi connectivity index (χ0n) is 16.6. The molecule has 9 heteroatoms. The van der Waals surface area contributed by atoms with Gasteiger partial charge in [0.05, 0.1) is 10.5 Å². The maximum Gasteiger partial charge on any atom is 0.255 e. The average Bonchev–Trinajstić information content (AvgIpc) is 3.26. The number of nitrogens with one attached hydrogen (secondary N) is 3. The van der Waals surface area contributed by atoms with Gasteiger partial charge in [-0.3, -0.25) is 4.79 Å². The van der Waals surface area contributed by atoms with E-state index < -0.39 is 10.0 Å². The third-order valence-electron chi connectivity index (χ3n) is 5.20. The van der Waals surface area contributed by atoms with E-state index in [1.54, 1.807) is 13.0 Å². The van der Waals surface area contributed by atoms with E-state index in [0.717, 1.165) is 31.4 Å². The van der Waals surface area contributed by atoms with Crippen molar-refractivity contribution in [1.82, 2.24) is 15.4 Å². The van der Waals surface area contributed by atoms with Gasteiger partial charge in [-0.05, 0) is 50.4 Å². The van der Waals surface area contributed by atoms with E-state index in [1.807, 2.05) is 13.8 Å². The van der Waals surface area contributed by atoms with Crippen LogP contribution >= 0.6 is 12.4 Å². The summed E-state index contributed by atoms with van der Waals surface area (Å²) in [5.74, 6) is 0.221. The minimum Gasteiger partial charge on any atom is -0.489 e. The number of fused-ring (bicyclic) bond motifs is 1. The normalized spacial score (nSPS) is 22.1. The molecule has 158 valence electrons. The van der Waals surface area contributed by atoms with Crippen LogP contribution in [0, 0.1) is 0 Å². The zero-order chi connectivity index (χ0) is 19.6. The van der Waals surface area contributed by atoms with Crippen molar-refractivity contribution in [3.05, 3.63) is 23.3 Å². The summed E-state index contributed by atoms with van der Waals surface area (Å²) in [4.78, 5) is 13.1. The fourth-order valence-corrected chi connectivity index (χ4v) is 5.01. The molecule has 3 atom stereocenters. The maximum absolute atomic E-state index is 13.0. The standard InChI is InChI=1S/C19H29N3O4S.ClH/c1-4-16(17-7-6-8-20-17)22-19(23)15-11-14(27(24,25)21-5-2)10-13-9-12(3)26-18(13)15;/h10-12,16-17,20-21H,4-9H2,1-3H3,(H,22,23);1H. The molecule has 0 spiro atoms. The largest absolute Gasteiger partial charge is 0.489 e. The summed E-state index contributed by atoms with van der Waals surface area (Å²) in [6.45, 7) is 6.93. The number of carbonyl (C=O) groups excluding carboxylic acids is 1. The number of rotatable bonds is 7. The summed E-state index contributed by atoms with van der Waals surface area (Å²) in [7, 11) is -3.65. The molecule has 3 rings (SSSR count). The number of hydrogen-bond donors (Lipinski definition) is 3. The van der Waals surface area contributed by atoms with Crippen molar-refractivity contribution in [2.75, 3.05) is 13.1 Å². The van der Waals surface area contributed by atoms with Gasteiger partial charge >= 0.3 is 0 Å². The molecule has 1 amide bonds. The number of carbonyl (C=O) groups is 1. The molecule has 1 fully saturated rings. The molecule has 0 bridgehead atoms. The number of hydrogen-bond acceptors (Lipinski definition) is 5. The second kappa shape index (κ2) is 9.43. The van der Waals surface area contributed by atoms with E-state index in [2.05, 4.69) is 15.4 Å². The first kappa shape index (κ1) is 22.9. The van der Waals surface area contributed by atoms with Crippen LogP contribution in [0.5, 0.6) is 5.75 Å². The Morgan fingerprint density at radius 3 is 2.71 bits per heavy atom. The highest BCUT2D eigenvalue weighted by molar-refractivity contribution is 7.89. The van der Waals surface area contributed by atoms with E-state index in [-0.39, 0.29) is 41.4 Å². The molecule has 0 aliphatic carbocycles. The molecule has 3 unspecified atom stereocenters. The van der Waals surface area contributed by atoms with Crippen molar-refractivity contribution in [2.45, 2.75) is 69.5 Å². The molecule has 7 nitrogen and oxygen atoms in total. The summed E-state index contributed by atoms with van der Waals surface area (Å²) in [5.41, 5.74) is 1.06. The number of ether oxygens (including phenoxy) is 1. The van der Waals surface area contributed by atoms with Gasteiger partial charge < -0.3 is 15.4 Å². The molecule has 28 heavy (non-hydrogen) atoms. The van der Waals surface area contributed by atoms with Crippen LogP contribution in [0.3, 0.4) is 0 Å². The fraction of sp³-hybridized carbons (Fsp3) is 0.632. The highest BCUT2D eigenvalue weighted by Gasteiger charge is 2.31. The van der Waals surface area contributed by atoms with Gasteiger partial charge in [0.2, 0.25) is 10.0 Å². The quantitative estimate of drug-likeness (QED) is 0.613. The zero-order valence-corrected chi connectivity index (χ0v) is 18.2. The summed E-state index contributed by atoms with van der Waals surface area (Å²) >= 11 is 0. The van der Waals surface area contributed by atoms with Crippen molar-refractivity contribution in [2.24, 2.45) is 0 Å². The molecular weight excluding hydrogens is 402 g/mol. The van der Waals surface area contributed by atoms with E-state index in [1.165, 1.54) is 6.07 Å². The van der Waals surface area contributed by atoms with Gasteiger partial charge in [0.25, 0.3) is 5.91 Å². The molecular formula is C19H30ClN3O4S. The predicted octanol–water partition coefficient (Wildman–Crippen LogP) is 1.99. The van der Waals surface area contributed by atoms with E-state index in [9.17, 15) is 13.2 Å². The van der Waals surface area contributed by atoms with Gasteiger partial charge in [0.1, 0.15) is 11.9 Å². The Morgan fingerprint density at radius 2 is 2.11 bits per heavy atom. The minimum absolute atomic E-state index is 0. The molecule has 1 aromatic rings. The van der Waals surface area contributed by atoms with Crippen molar-refractivity contribution in [1.29, 1.82) is 0 Å². The summed E-state index contributed by atoms with van der Waals surface area (Å²) in [6.07, 6.45) is 3.44. The SMILES string of the molecule is CCNS(=O)(=O)c1cc2c(c(C(=O)NC(CC)C3CCCN3)c1)OC(C)C2.Cl. The third kappa shape index (κ3) is 4.79. The van der Waals surface area contributed by atoms with E-state index in [4.69, 9.17) is 4.74 Å². The van der Waals surface area contributed by atoms with Crippen molar-refractivity contribution >= 4 is 28.3 Å². The van der Waals surface area contributed by atoms with Crippen LogP contribution in [-0.4, -0.2) is 45.6 Å². The van der Waals surface area contributed by atoms with E-state index >= 15 is 0 Å². The van der Waals surface area contributed by atoms with Crippen LogP contribution in [0.1, 0.15) is 56.0 Å². The Labute approximate surface area is 173 Å². The molecule has 2 aliphatic heterocycles. The highest BCUT2D eigenvalue weighted by Crippen LogP contribution is 2.35. The predicted molar refractivity (Wildman–Crippen MR) is 111 cm³/mol. The van der Waals surface area contributed by atoms with Gasteiger partial charge in [-0.15, -0.1) is 12.4 Å². The Balaban J connectivity index is 0.00000280. The second-order valence-corrected chi connectivity index (χ2v) is 9.05. The van der Waals surface area contributed by atoms with Crippen LogP contribution in [0.4, 0.5) is 0 Å². The van der Waals surface area contributed by atoms with E-state index in [0.29, 0.717) is 24.3 Å². The number of sulfonamides is 1. The molecule has 1 saturated heterocycles. The Morgan fingerprint density at radius 1 is 1.36 bits per heavy atom. The lowest BCUT2D eigenvalue weighted by molar-refractivity contribution is 0.0922. The van der Waals surface area contributed by atoms with Gasteiger partial charge in [-0.2, -0.15) is 0 Å².